The van der Waals surface area contributed by atoms with Gasteiger partial charge in [-0.1, -0.05) is 34.6 Å². The summed E-state index contributed by atoms with van der Waals surface area (Å²) in [6.45, 7) is 15.7. The first kappa shape index (κ1) is 23.6. The Morgan fingerprint density at radius 1 is 1.31 bits per heavy atom. The first-order valence-corrected chi connectivity index (χ1v) is 12.8. The highest BCUT2D eigenvalue weighted by Gasteiger charge is 2.46. The highest BCUT2D eigenvalue weighted by Crippen LogP contribution is 2.40. The molecule has 9 heteroatoms. The minimum atomic E-state index is -2.38. The molecule has 3 atom stereocenters. The van der Waals surface area contributed by atoms with Crippen molar-refractivity contribution in [1.29, 1.82) is 0 Å². The van der Waals surface area contributed by atoms with Gasteiger partial charge in [-0.25, -0.2) is 14.5 Å². The molecule has 1 N–H and O–H groups in total. The number of rotatable bonds is 6. The van der Waals surface area contributed by atoms with Crippen LogP contribution in [-0.4, -0.2) is 61.3 Å². The Labute approximate surface area is 173 Å². The zero-order valence-corrected chi connectivity index (χ0v) is 19.6. The van der Waals surface area contributed by atoms with Gasteiger partial charge in [0.1, 0.15) is 6.61 Å². The molecular weight excluding hydrogens is 394 g/mol. The summed E-state index contributed by atoms with van der Waals surface area (Å²) in [7, 11) is -2.38. The molecule has 1 saturated heterocycles. The van der Waals surface area contributed by atoms with Gasteiger partial charge in [-0.05, 0) is 31.0 Å². The van der Waals surface area contributed by atoms with Gasteiger partial charge in [0.05, 0.1) is 18.6 Å². The van der Waals surface area contributed by atoms with Gasteiger partial charge >= 0.3 is 12.1 Å². The molecule has 1 unspecified atom stereocenters. The number of cyclic esters (lactones) is 2. The van der Waals surface area contributed by atoms with Gasteiger partial charge < -0.3 is 19.0 Å². The predicted octanol–water partition coefficient (Wildman–Crippen LogP) is 2.96. The van der Waals surface area contributed by atoms with E-state index in [4.69, 9.17) is 13.9 Å². The van der Waals surface area contributed by atoms with E-state index in [9.17, 15) is 19.5 Å². The Hall–Kier alpha value is -1.71. The lowest BCUT2D eigenvalue weighted by molar-refractivity contribution is -0.152. The predicted molar refractivity (Wildman–Crippen MR) is 108 cm³/mol. The van der Waals surface area contributed by atoms with E-state index in [1.807, 2.05) is 26.9 Å². The summed E-state index contributed by atoms with van der Waals surface area (Å²) < 4.78 is 16.4. The summed E-state index contributed by atoms with van der Waals surface area (Å²) in [5.74, 6) is -1.06. The Bertz CT molecular complexity index is 723. The number of carbonyl (C=O) groups excluding carboxylic acids is 3. The number of aliphatic hydroxyl groups is 1. The smallest absolute Gasteiger partial charge is 0.416 e. The molecule has 8 nitrogen and oxygen atoms in total. The molecule has 0 spiro atoms. The van der Waals surface area contributed by atoms with Crippen molar-refractivity contribution in [1.82, 2.24) is 4.90 Å². The lowest BCUT2D eigenvalue weighted by atomic mass is 10.00. The number of aliphatic hydroxyl groups excluding tert-OH is 1. The number of hydrogen-bond donors (Lipinski definition) is 1. The lowest BCUT2D eigenvalue weighted by Gasteiger charge is -2.40. The van der Waals surface area contributed by atoms with E-state index in [1.54, 1.807) is 6.92 Å². The Morgan fingerprint density at radius 3 is 2.34 bits per heavy atom. The fraction of sp³-hybridized carbons (Fsp3) is 0.750. The molecule has 0 radical (unpaired) electrons. The summed E-state index contributed by atoms with van der Waals surface area (Å²) in [6, 6.07) is -0.356. The molecule has 2 heterocycles. The summed E-state index contributed by atoms with van der Waals surface area (Å²) in [6.07, 6.45) is -3.20. The van der Waals surface area contributed by atoms with Crippen molar-refractivity contribution in [2.75, 3.05) is 6.61 Å². The number of ether oxygens (including phenoxy) is 2. The second kappa shape index (κ2) is 8.20. The topological polar surface area (TPSA) is 102 Å². The summed E-state index contributed by atoms with van der Waals surface area (Å²) >= 11 is 0. The van der Waals surface area contributed by atoms with E-state index in [2.05, 4.69) is 20.8 Å². The van der Waals surface area contributed by atoms with Crippen LogP contribution in [0.2, 0.25) is 18.1 Å². The van der Waals surface area contributed by atoms with E-state index < -0.39 is 38.7 Å². The molecular formula is C20H33NO7Si. The van der Waals surface area contributed by atoms with Crippen LogP contribution in [-0.2, 0) is 23.5 Å². The molecule has 0 aromatic heterocycles. The van der Waals surface area contributed by atoms with Gasteiger partial charge in [0.25, 0.3) is 0 Å². The monoisotopic (exact) mass is 427 g/mol. The fourth-order valence-corrected chi connectivity index (χ4v) is 4.45. The van der Waals surface area contributed by atoms with Crippen molar-refractivity contribution in [2.45, 2.75) is 84.5 Å². The average molecular weight is 428 g/mol. The van der Waals surface area contributed by atoms with Gasteiger partial charge in [0, 0.05) is 11.1 Å². The third-order valence-electron chi connectivity index (χ3n) is 6.12. The summed E-state index contributed by atoms with van der Waals surface area (Å²) in [4.78, 5) is 38.3. The van der Waals surface area contributed by atoms with Crippen molar-refractivity contribution in [2.24, 2.45) is 5.92 Å². The van der Waals surface area contributed by atoms with Crippen molar-refractivity contribution in [3.8, 4) is 0 Å². The van der Waals surface area contributed by atoms with Crippen LogP contribution >= 0.6 is 0 Å². The molecule has 0 bridgehead atoms. The molecule has 2 aliphatic heterocycles. The second-order valence-electron chi connectivity index (χ2n) is 9.56. The number of hydrogen-bond acceptors (Lipinski definition) is 7. The van der Waals surface area contributed by atoms with Crippen LogP contribution in [0.3, 0.4) is 0 Å². The molecule has 1 fully saturated rings. The Kier molecular flexibility index (Phi) is 6.66. The largest absolute Gasteiger partial charge is 0.447 e. The first-order valence-electron chi connectivity index (χ1n) is 9.93. The van der Waals surface area contributed by atoms with Crippen LogP contribution < -0.4 is 0 Å². The van der Waals surface area contributed by atoms with Gasteiger partial charge in [0.15, 0.2) is 8.32 Å². The third-order valence-corrected chi connectivity index (χ3v) is 10.6. The minimum Gasteiger partial charge on any atom is -0.447 e. The van der Waals surface area contributed by atoms with E-state index in [1.165, 1.54) is 0 Å². The number of imide groups is 1. The average Bonchev–Trinajstić information content (AvgIpc) is 3.05. The van der Waals surface area contributed by atoms with Crippen molar-refractivity contribution < 1.29 is 33.4 Å². The van der Waals surface area contributed by atoms with Crippen molar-refractivity contribution in [3.05, 3.63) is 11.1 Å². The number of nitrogens with zero attached hydrogens (tertiary/aromatic N) is 1. The standard InChI is InChI=1S/C20H33NO7Si/c1-11(2)13-10-26-19(25)21(13)15(22)9-14(28-29(7,8)20(4,5)6)16-12(3)17(23)27-18(16)24/h11,13-14,18,24H,9-10H2,1-8H3/t13-,14+,18?/m0/s1. The second-order valence-corrected chi connectivity index (χ2v) is 14.3. The molecule has 0 aromatic rings. The van der Waals surface area contributed by atoms with Crippen molar-refractivity contribution >= 4 is 26.3 Å². The quantitative estimate of drug-likeness (QED) is 0.513. The maximum atomic E-state index is 13.1. The number of esters is 1. The van der Waals surface area contributed by atoms with E-state index in [0.717, 1.165) is 4.90 Å². The van der Waals surface area contributed by atoms with Crippen LogP contribution in [0.25, 0.3) is 0 Å². The molecule has 2 aliphatic rings. The zero-order chi connectivity index (χ0) is 22.3. The molecule has 0 saturated carbocycles. The lowest BCUT2D eigenvalue weighted by Crippen LogP contribution is -2.48. The van der Waals surface area contributed by atoms with Gasteiger partial charge in [0.2, 0.25) is 12.2 Å². The van der Waals surface area contributed by atoms with Crippen LogP contribution in [0.5, 0.6) is 0 Å². The first-order chi connectivity index (χ1) is 13.2. The summed E-state index contributed by atoms with van der Waals surface area (Å²) in [5.41, 5.74) is 0.486. The maximum absolute atomic E-state index is 13.1. The minimum absolute atomic E-state index is 0.0353. The van der Waals surface area contributed by atoms with Gasteiger partial charge in [-0.3, -0.25) is 4.79 Å². The molecule has 2 amide bonds. The normalized spacial score (nSPS) is 24.3. The van der Waals surface area contributed by atoms with Crippen molar-refractivity contribution in [3.63, 3.8) is 0 Å². The number of amides is 2. The fourth-order valence-electron chi connectivity index (χ4n) is 3.17. The van der Waals surface area contributed by atoms with Crippen LogP contribution in [0, 0.1) is 5.92 Å². The van der Waals surface area contributed by atoms with Crippen LogP contribution in [0.15, 0.2) is 11.1 Å². The highest BCUT2D eigenvalue weighted by molar-refractivity contribution is 6.74. The van der Waals surface area contributed by atoms with Crippen LogP contribution in [0.4, 0.5) is 4.79 Å². The maximum Gasteiger partial charge on any atom is 0.416 e. The molecule has 0 aromatic carbocycles. The van der Waals surface area contributed by atoms with Crippen LogP contribution in [0.1, 0.15) is 48.0 Å². The molecule has 29 heavy (non-hydrogen) atoms. The molecule has 164 valence electrons. The molecule has 2 rings (SSSR count). The number of carbonyl (C=O) groups is 3. The zero-order valence-electron chi connectivity index (χ0n) is 18.6. The van der Waals surface area contributed by atoms with E-state index in [0.29, 0.717) is 0 Å². The SMILES string of the molecule is CC1=C([C@@H](CC(=O)N2C(=O)OC[C@H]2C(C)C)O[Si](C)(C)C(C)(C)C)C(O)OC1=O. The van der Waals surface area contributed by atoms with Gasteiger partial charge in [-0.2, -0.15) is 0 Å². The Morgan fingerprint density at radius 2 is 1.90 bits per heavy atom. The molecule has 0 aliphatic carbocycles. The third kappa shape index (κ3) is 4.72. The van der Waals surface area contributed by atoms with E-state index in [-0.39, 0.29) is 41.2 Å². The van der Waals surface area contributed by atoms with E-state index >= 15 is 0 Å². The highest BCUT2D eigenvalue weighted by atomic mass is 28.4. The summed E-state index contributed by atoms with van der Waals surface area (Å²) in [5, 5.41) is 10.1. The van der Waals surface area contributed by atoms with Gasteiger partial charge in [-0.15, -0.1) is 0 Å². The Balaban J connectivity index is 2.37.